The van der Waals surface area contributed by atoms with Gasteiger partial charge in [-0.2, -0.15) is 4.98 Å². The molecule has 0 radical (unpaired) electrons. The second-order valence-corrected chi connectivity index (χ2v) is 11.4. The molecule has 3 N–H and O–H groups in total. The predicted molar refractivity (Wildman–Crippen MR) is 142 cm³/mol. The summed E-state index contributed by atoms with van der Waals surface area (Å²) >= 11 is 0. The second kappa shape index (κ2) is 9.73. The number of nitrogens with zero attached hydrogens (tertiary/aromatic N) is 2. The van der Waals surface area contributed by atoms with Crippen LogP contribution in [0.25, 0.3) is 0 Å². The van der Waals surface area contributed by atoms with Gasteiger partial charge in [0.25, 0.3) is 0 Å². The maximum absolute atomic E-state index is 12.2. The molecule has 1 aliphatic rings. The molecule has 35 heavy (non-hydrogen) atoms. The third kappa shape index (κ3) is 6.03. The van der Waals surface area contributed by atoms with Crippen molar-refractivity contribution in [3.05, 3.63) is 58.8 Å². The molecule has 9 heteroatoms. The number of aryl methyl sites for hydroxylation is 4. The normalized spacial score (nSPS) is 13.6. The average molecular weight is 496 g/mol. The molecule has 1 saturated carbocycles. The van der Waals surface area contributed by atoms with Crippen molar-refractivity contribution in [2.75, 3.05) is 15.4 Å². The van der Waals surface area contributed by atoms with Crippen molar-refractivity contribution in [1.82, 2.24) is 9.97 Å². The van der Waals surface area contributed by atoms with E-state index >= 15 is 0 Å². The molecule has 1 aromatic heterocycles. The van der Waals surface area contributed by atoms with Crippen LogP contribution in [0.5, 0.6) is 5.75 Å². The number of ether oxygens (including phenoxy) is 1. The zero-order chi connectivity index (χ0) is 25.3. The predicted octanol–water partition coefficient (Wildman–Crippen LogP) is 5.89. The average Bonchev–Trinajstić information content (AvgIpc) is 3.61. The Labute approximate surface area is 207 Å². The summed E-state index contributed by atoms with van der Waals surface area (Å²) in [6.45, 7) is 11.9. The van der Waals surface area contributed by atoms with E-state index in [1.165, 1.54) is 0 Å². The number of sulfonamides is 1. The molecule has 1 fully saturated rings. The highest BCUT2D eigenvalue weighted by Gasteiger charge is 2.35. The summed E-state index contributed by atoms with van der Waals surface area (Å²) in [4.78, 5) is 9.11. The largest absolute Gasteiger partial charge is 0.490 e. The molecule has 1 heterocycles. The van der Waals surface area contributed by atoms with Crippen LogP contribution in [0.15, 0.2) is 36.5 Å². The molecule has 8 nitrogen and oxygen atoms in total. The van der Waals surface area contributed by atoms with E-state index in [1.54, 1.807) is 12.3 Å². The fraction of sp³-hybridized carbons (Fsp3) is 0.385. The maximum atomic E-state index is 12.2. The van der Waals surface area contributed by atoms with Gasteiger partial charge in [0.1, 0.15) is 11.6 Å². The molecule has 0 unspecified atom stereocenters. The molecular formula is C26H33N5O3S. The van der Waals surface area contributed by atoms with E-state index in [4.69, 9.17) is 4.74 Å². The molecule has 2 aromatic carbocycles. The minimum absolute atomic E-state index is 0.108. The highest BCUT2D eigenvalue weighted by atomic mass is 32.2. The first-order chi connectivity index (χ1) is 16.5. The molecule has 186 valence electrons. The number of aromatic nitrogens is 2. The number of nitrogens with one attached hydrogen (secondary N) is 3. The minimum atomic E-state index is -3.29. The van der Waals surface area contributed by atoms with Crippen LogP contribution in [0, 0.1) is 27.7 Å². The third-order valence-electron chi connectivity index (χ3n) is 5.74. The van der Waals surface area contributed by atoms with E-state index in [1.807, 2.05) is 65.8 Å². The van der Waals surface area contributed by atoms with Gasteiger partial charge in [-0.25, -0.2) is 13.4 Å². The molecule has 0 amide bonds. The molecule has 4 rings (SSSR count). The van der Waals surface area contributed by atoms with E-state index in [9.17, 15) is 8.42 Å². The summed E-state index contributed by atoms with van der Waals surface area (Å²) in [7, 11) is -3.29. The molecule has 0 saturated heterocycles. The van der Waals surface area contributed by atoms with Crippen molar-refractivity contribution in [1.29, 1.82) is 0 Å². The standard InChI is InChI=1S/C26H33N5O3S/c1-15(2)34-24-17(4)12-21(13-18(24)5)28-26-27-14-19(6)25(30-26)29-23-10-7-20(11-16(23)3)31-35(32,33)22-8-9-22/h7,10-15,22,31H,8-9H2,1-6H3,(H2,27,28,29,30). The van der Waals surface area contributed by atoms with Crippen molar-refractivity contribution >= 4 is 38.9 Å². The Bertz CT molecular complexity index is 1330. The van der Waals surface area contributed by atoms with Crippen LogP contribution in [0.4, 0.5) is 28.8 Å². The molecule has 0 aliphatic heterocycles. The van der Waals surface area contributed by atoms with Gasteiger partial charge in [0.15, 0.2) is 0 Å². The Morgan fingerprint density at radius 3 is 2.17 bits per heavy atom. The zero-order valence-electron chi connectivity index (χ0n) is 21.1. The lowest BCUT2D eigenvalue weighted by Gasteiger charge is -2.17. The Hall–Kier alpha value is -3.33. The van der Waals surface area contributed by atoms with Gasteiger partial charge in [0.05, 0.1) is 11.4 Å². The summed E-state index contributed by atoms with van der Waals surface area (Å²) in [5, 5.41) is 6.39. The van der Waals surface area contributed by atoms with Gasteiger partial charge in [-0.1, -0.05) is 0 Å². The first kappa shape index (κ1) is 24.8. The Morgan fingerprint density at radius 2 is 1.57 bits per heavy atom. The van der Waals surface area contributed by atoms with Crippen LogP contribution in [0.1, 0.15) is 48.9 Å². The van der Waals surface area contributed by atoms with E-state index in [-0.39, 0.29) is 11.4 Å². The summed E-state index contributed by atoms with van der Waals surface area (Å²) in [5.74, 6) is 2.04. The van der Waals surface area contributed by atoms with Crippen LogP contribution >= 0.6 is 0 Å². The third-order valence-corrected chi connectivity index (χ3v) is 7.61. The number of anilines is 5. The van der Waals surface area contributed by atoms with Crippen molar-refractivity contribution in [3.8, 4) is 5.75 Å². The molecule has 3 aromatic rings. The second-order valence-electron chi connectivity index (χ2n) is 9.46. The van der Waals surface area contributed by atoms with Gasteiger partial charge >= 0.3 is 0 Å². The highest BCUT2D eigenvalue weighted by molar-refractivity contribution is 7.93. The lowest BCUT2D eigenvalue weighted by Crippen LogP contribution is -2.17. The molecular weight excluding hydrogens is 462 g/mol. The Morgan fingerprint density at radius 1 is 0.914 bits per heavy atom. The van der Waals surface area contributed by atoms with Crippen LogP contribution < -0.4 is 20.1 Å². The van der Waals surface area contributed by atoms with Crippen LogP contribution in [0.3, 0.4) is 0 Å². The van der Waals surface area contributed by atoms with Gasteiger partial charge in [-0.3, -0.25) is 4.72 Å². The molecule has 0 spiro atoms. The summed E-state index contributed by atoms with van der Waals surface area (Å²) in [5.41, 5.74) is 6.17. The smallest absolute Gasteiger partial charge is 0.235 e. The van der Waals surface area contributed by atoms with Crippen molar-refractivity contribution in [3.63, 3.8) is 0 Å². The Kier molecular flexibility index (Phi) is 6.89. The van der Waals surface area contributed by atoms with E-state index in [0.717, 1.165) is 52.2 Å². The van der Waals surface area contributed by atoms with Gasteiger partial charge in [0.2, 0.25) is 16.0 Å². The van der Waals surface area contributed by atoms with Gasteiger partial charge in [-0.15, -0.1) is 0 Å². The van der Waals surface area contributed by atoms with Crippen LogP contribution in [-0.2, 0) is 10.0 Å². The van der Waals surface area contributed by atoms with Gasteiger partial charge in [0, 0.05) is 28.8 Å². The van der Waals surface area contributed by atoms with Crippen LogP contribution in [0.2, 0.25) is 0 Å². The topological polar surface area (TPSA) is 105 Å². The summed E-state index contributed by atoms with van der Waals surface area (Å²) in [6, 6.07) is 9.48. The Balaban J connectivity index is 1.51. The zero-order valence-corrected chi connectivity index (χ0v) is 21.9. The van der Waals surface area contributed by atoms with Crippen molar-refractivity contribution < 1.29 is 13.2 Å². The molecule has 0 atom stereocenters. The number of rotatable bonds is 9. The van der Waals surface area contributed by atoms with E-state index in [2.05, 4.69) is 25.3 Å². The van der Waals surface area contributed by atoms with Gasteiger partial charge in [-0.05, 0) is 101 Å². The number of hydrogen-bond donors (Lipinski definition) is 3. The SMILES string of the molecule is Cc1cc(NS(=O)(=O)C2CC2)ccc1Nc1nc(Nc2cc(C)c(OC(C)C)c(C)c2)ncc1C. The lowest BCUT2D eigenvalue weighted by molar-refractivity contribution is 0.239. The van der Waals surface area contributed by atoms with E-state index in [0.29, 0.717) is 17.5 Å². The highest BCUT2D eigenvalue weighted by Crippen LogP contribution is 2.32. The van der Waals surface area contributed by atoms with Crippen LogP contribution in [-0.4, -0.2) is 29.7 Å². The minimum Gasteiger partial charge on any atom is -0.490 e. The first-order valence-electron chi connectivity index (χ1n) is 11.8. The maximum Gasteiger partial charge on any atom is 0.235 e. The van der Waals surface area contributed by atoms with Gasteiger partial charge < -0.3 is 15.4 Å². The van der Waals surface area contributed by atoms with E-state index < -0.39 is 10.0 Å². The fourth-order valence-electron chi connectivity index (χ4n) is 3.82. The van der Waals surface area contributed by atoms with Crippen molar-refractivity contribution in [2.24, 2.45) is 0 Å². The monoisotopic (exact) mass is 495 g/mol. The first-order valence-corrected chi connectivity index (χ1v) is 13.3. The summed E-state index contributed by atoms with van der Waals surface area (Å²) < 4.78 is 33.1. The lowest BCUT2D eigenvalue weighted by atomic mass is 10.1. The van der Waals surface area contributed by atoms with Crippen molar-refractivity contribution in [2.45, 2.75) is 65.7 Å². The molecule has 0 bridgehead atoms. The fourth-order valence-corrected chi connectivity index (χ4v) is 5.20. The molecule has 1 aliphatic carbocycles. The number of benzene rings is 2. The summed E-state index contributed by atoms with van der Waals surface area (Å²) in [6.07, 6.45) is 3.33. The number of hydrogen-bond acceptors (Lipinski definition) is 7. The quantitative estimate of drug-likeness (QED) is 0.340.